The lowest BCUT2D eigenvalue weighted by atomic mass is 10.2. The lowest BCUT2D eigenvalue weighted by molar-refractivity contribution is 0.0773. The van der Waals surface area contributed by atoms with Crippen LogP contribution in [-0.2, 0) is 11.5 Å². The van der Waals surface area contributed by atoms with Crippen LogP contribution in [0.2, 0.25) is 25.7 Å². The first-order chi connectivity index (χ1) is 9.40. The average Bonchev–Trinajstić information content (AvgIpc) is 2.70. The second-order valence-electron chi connectivity index (χ2n) is 6.03. The van der Waals surface area contributed by atoms with Gasteiger partial charge in [0.15, 0.2) is 0 Å². The molecule has 108 valence electrons. The molecule has 0 spiro atoms. The molecule has 0 fully saturated rings. The number of aldehydes is 1. The molecule has 0 N–H and O–H groups in total. The molecule has 20 heavy (non-hydrogen) atoms. The normalized spacial score (nSPS) is 12.0. The van der Waals surface area contributed by atoms with E-state index in [2.05, 4.69) is 47.3 Å². The van der Waals surface area contributed by atoms with E-state index in [1.54, 1.807) is 0 Å². The molecule has 1 aromatic carbocycles. The number of carbonyl (C=O) groups is 1. The molecule has 1 aromatic heterocycles. The van der Waals surface area contributed by atoms with Crippen molar-refractivity contribution in [3.8, 4) is 0 Å². The second kappa shape index (κ2) is 6.36. The Kier molecular flexibility index (Phi) is 4.98. The quantitative estimate of drug-likeness (QED) is 0.320. The van der Waals surface area contributed by atoms with E-state index in [-0.39, 0.29) is 0 Å². The lowest BCUT2D eigenvalue weighted by Crippen LogP contribution is -2.22. The molecule has 4 nitrogen and oxygen atoms in total. The summed E-state index contributed by atoms with van der Waals surface area (Å²) >= 11 is 2.27. The van der Waals surface area contributed by atoms with Crippen molar-refractivity contribution in [1.29, 1.82) is 0 Å². The molecular formula is C14H19IN2O2Si. The molecule has 0 aliphatic heterocycles. The van der Waals surface area contributed by atoms with Gasteiger partial charge in [0.2, 0.25) is 0 Å². The van der Waals surface area contributed by atoms with Gasteiger partial charge in [0.1, 0.15) is 16.7 Å². The standard InChI is InChI=1S/C14H19IN2O2Si/c1-20(2,3)7-6-19-10-17-14(15)12-5-4-11(9-18)8-13(12)16-17/h4-5,8-9H,6-7,10H2,1-3H3. The minimum Gasteiger partial charge on any atom is -0.359 e. The molecule has 0 aliphatic rings. The SMILES string of the molecule is C[Si](C)(C)CCOCn1nc2cc(C=O)ccc2c1I. The Labute approximate surface area is 133 Å². The third-order valence-electron chi connectivity index (χ3n) is 3.05. The van der Waals surface area contributed by atoms with Gasteiger partial charge in [-0.2, -0.15) is 5.10 Å². The van der Waals surface area contributed by atoms with Gasteiger partial charge in [-0.1, -0.05) is 25.7 Å². The number of fused-ring (bicyclic) bond motifs is 1. The number of carbonyl (C=O) groups excluding carboxylic acids is 1. The molecule has 0 saturated carbocycles. The Hall–Kier alpha value is -0.733. The monoisotopic (exact) mass is 402 g/mol. The van der Waals surface area contributed by atoms with Gasteiger partial charge < -0.3 is 4.74 Å². The van der Waals surface area contributed by atoms with Crippen LogP contribution in [0.15, 0.2) is 18.2 Å². The minimum atomic E-state index is -1.05. The van der Waals surface area contributed by atoms with Gasteiger partial charge in [0.25, 0.3) is 0 Å². The number of hydrogen-bond acceptors (Lipinski definition) is 3. The molecule has 0 unspecified atom stereocenters. The summed E-state index contributed by atoms with van der Waals surface area (Å²) in [6.45, 7) is 8.26. The number of ether oxygens (including phenoxy) is 1. The molecule has 0 bridgehead atoms. The van der Waals surface area contributed by atoms with Crippen molar-refractivity contribution in [2.24, 2.45) is 0 Å². The maximum Gasteiger partial charge on any atom is 0.150 e. The van der Waals surface area contributed by atoms with Crippen LogP contribution in [-0.4, -0.2) is 30.7 Å². The summed E-state index contributed by atoms with van der Waals surface area (Å²) in [4.78, 5) is 10.8. The maximum atomic E-state index is 10.8. The van der Waals surface area contributed by atoms with E-state index in [0.29, 0.717) is 12.3 Å². The van der Waals surface area contributed by atoms with Gasteiger partial charge >= 0.3 is 0 Å². The van der Waals surface area contributed by atoms with Crippen molar-refractivity contribution in [3.63, 3.8) is 0 Å². The summed E-state index contributed by atoms with van der Waals surface area (Å²) in [6, 6.07) is 6.71. The molecule has 2 aromatic rings. The van der Waals surface area contributed by atoms with E-state index in [9.17, 15) is 4.79 Å². The number of rotatable bonds is 6. The van der Waals surface area contributed by atoms with Crippen LogP contribution >= 0.6 is 22.6 Å². The molecule has 6 heteroatoms. The summed E-state index contributed by atoms with van der Waals surface area (Å²) in [7, 11) is -1.05. The van der Waals surface area contributed by atoms with E-state index in [1.165, 1.54) is 0 Å². The number of hydrogen-bond donors (Lipinski definition) is 0. The number of aromatic nitrogens is 2. The van der Waals surface area contributed by atoms with E-state index in [1.807, 2.05) is 22.9 Å². The van der Waals surface area contributed by atoms with E-state index < -0.39 is 8.07 Å². The fourth-order valence-electron chi connectivity index (χ4n) is 1.81. The highest BCUT2D eigenvalue weighted by Gasteiger charge is 2.13. The predicted octanol–water partition coefficient (Wildman–Crippen LogP) is 3.77. The van der Waals surface area contributed by atoms with Crippen LogP contribution in [0.5, 0.6) is 0 Å². The highest BCUT2D eigenvalue weighted by atomic mass is 127. The Morgan fingerprint density at radius 3 is 2.80 bits per heavy atom. The number of nitrogens with zero attached hydrogens (tertiary/aromatic N) is 2. The minimum absolute atomic E-state index is 0.466. The van der Waals surface area contributed by atoms with Crippen LogP contribution in [0.1, 0.15) is 10.4 Å². The predicted molar refractivity (Wildman–Crippen MR) is 91.9 cm³/mol. The zero-order valence-electron chi connectivity index (χ0n) is 12.0. The maximum absolute atomic E-state index is 10.8. The van der Waals surface area contributed by atoms with Crippen molar-refractivity contribution in [2.45, 2.75) is 32.4 Å². The lowest BCUT2D eigenvalue weighted by Gasteiger charge is -2.15. The highest BCUT2D eigenvalue weighted by Crippen LogP contribution is 2.21. The topological polar surface area (TPSA) is 44.1 Å². The largest absolute Gasteiger partial charge is 0.359 e. The summed E-state index contributed by atoms with van der Waals surface area (Å²) in [5.41, 5.74) is 1.49. The van der Waals surface area contributed by atoms with E-state index in [0.717, 1.165) is 33.5 Å². The average molecular weight is 402 g/mol. The van der Waals surface area contributed by atoms with Crippen LogP contribution in [0, 0.1) is 3.70 Å². The first kappa shape index (κ1) is 15.7. The highest BCUT2D eigenvalue weighted by molar-refractivity contribution is 14.1. The summed E-state index contributed by atoms with van der Waals surface area (Å²) in [5, 5.41) is 5.55. The molecular weight excluding hydrogens is 383 g/mol. The summed E-state index contributed by atoms with van der Waals surface area (Å²) in [5.74, 6) is 0. The molecule has 0 radical (unpaired) electrons. The van der Waals surface area contributed by atoms with Gasteiger partial charge in [-0.3, -0.25) is 4.79 Å². The third kappa shape index (κ3) is 3.89. The first-order valence-electron chi connectivity index (χ1n) is 6.60. The van der Waals surface area contributed by atoms with Crippen molar-refractivity contribution < 1.29 is 9.53 Å². The molecule has 0 aliphatic carbocycles. The summed E-state index contributed by atoms with van der Waals surface area (Å²) < 4.78 is 8.62. The third-order valence-corrected chi connectivity index (χ3v) is 5.89. The number of halogens is 1. The fourth-order valence-corrected chi connectivity index (χ4v) is 3.27. The zero-order valence-corrected chi connectivity index (χ0v) is 15.2. The van der Waals surface area contributed by atoms with Gasteiger partial charge in [-0.05, 0) is 40.8 Å². The van der Waals surface area contributed by atoms with Crippen LogP contribution in [0.25, 0.3) is 10.9 Å². The Bertz CT molecular complexity index is 619. The van der Waals surface area contributed by atoms with Crippen molar-refractivity contribution >= 4 is 47.9 Å². The molecule has 0 atom stereocenters. The zero-order chi connectivity index (χ0) is 14.8. The van der Waals surface area contributed by atoms with Gasteiger partial charge in [0, 0.05) is 25.6 Å². The smallest absolute Gasteiger partial charge is 0.150 e. The summed E-state index contributed by atoms with van der Waals surface area (Å²) in [6.07, 6.45) is 0.843. The number of benzene rings is 1. The van der Waals surface area contributed by atoms with E-state index in [4.69, 9.17) is 4.74 Å². The Morgan fingerprint density at radius 1 is 1.40 bits per heavy atom. The van der Waals surface area contributed by atoms with E-state index >= 15 is 0 Å². The first-order valence-corrected chi connectivity index (χ1v) is 11.4. The van der Waals surface area contributed by atoms with Crippen molar-refractivity contribution in [2.75, 3.05) is 6.61 Å². The Balaban J connectivity index is 2.07. The fraction of sp³-hybridized carbons (Fsp3) is 0.429. The van der Waals surface area contributed by atoms with Gasteiger partial charge in [-0.25, -0.2) is 4.68 Å². The van der Waals surface area contributed by atoms with Crippen molar-refractivity contribution in [3.05, 3.63) is 27.5 Å². The molecule has 0 amide bonds. The second-order valence-corrected chi connectivity index (χ2v) is 12.7. The van der Waals surface area contributed by atoms with Crippen LogP contribution < -0.4 is 0 Å². The molecule has 1 heterocycles. The van der Waals surface area contributed by atoms with Crippen molar-refractivity contribution in [1.82, 2.24) is 9.78 Å². The van der Waals surface area contributed by atoms with Crippen LogP contribution in [0.3, 0.4) is 0 Å². The Morgan fingerprint density at radius 2 is 2.15 bits per heavy atom. The van der Waals surface area contributed by atoms with Crippen LogP contribution in [0.4, 0.5) is 0 Å². The van der Waals surface area contributed by atoms with Gasteiger partial charge in [-0.15, -0.1) is 0 Å². The molecule has 0 saturated heterocycles. The van der Waals surface area contributed by atoms with Gasteiger partial charge in [0.05, 0.1) is 5.52 Å². The molecule has 2 rings (SSSR count).